The van der Waals surface area contributed by atoms with E-state index in [1.165, 1.54) is 12.1 Å². The fraction of sp³-hybridized carbons (Fsp3) is 0. The van der Waals surface area contributed by atoms with Crippen LogP contribution in [0.5, 0.6) is 0 Å². The highest BCUT2D eigenvalue weighted by Crippen LogP contribution is 2.25. The van der Waals surface area contributed by atoms with Gasteiger partial charge in [-0.1, -0.05) is 35.1 Å². The summed E-state index contributed by atoms with van der Waals surface area (Å²) in [6, 6.07) is 11.0. The molecule has 3 rings (SSSR count). The van der Waals surface area contributed by atoms with Gasteiger partial charge in [0.05, 0.1) is 25.8 Å². The van der Waals surface area contributed by atoms with E-state index in [0.29, 0.717) is 20.9 Å². The predicted octanol–water partition coefficient (Wildman–Crippen LogP) is 3.04. The number of hydrogen-bond acceptors (Lipinski definition) is 4. The summed E-state index contributed by atoms with van der Waals surface area (Å²) in [5.41, 5.74) is 0.920. The number of para-hydroxylation sites is 1. The summed E-state index contributed by atoms with van der Waals surface area (Å²) >= 11 is 6.91. The normalized spacial score (nSPS) is 11.7. The monoisotopic (exact) mass is 340 g/mol. The SMILES string of the molecule is O=c1[nH]c2ccc(S(=O)(=O)Nc3ccccc3Cl)cc2s1. The predicted molar refractivity (Wildman–Crippen MR) is 84.7 cm³/mol. The first-order valence-electron chi connectivity index (χ1n) is 5.86. The lowest BCUT2D eigenvalue weighted by Gasteiger charge is -2.09. The molecule has 8 heteroatoms. The fourth-order valence-corrected chi connectivity index (χ4v) is 4.04. The van der Waals surface area contributed by atoms with E-state index in [4.69, 9.17) is 11.6 Å². The largest absolute Gasteiger partial charge is 0.312 e. The Kier molecular flexibility index (Phi) is 3.48. The van der Waals surface area contributed by atoms with Crippen LogP contribution in [0.15, 0.2) is 52.2 Å². The lowest BCUT2D eigenvalue weighted by molar-refractivity contribution is 0.601. The molecule has 0 spiro atoms. The summed E-state index contributed by atoms with van der Waals surface area (Å²) in [6.07, 6.45) is 0. The second-order valence-corrected chi connectivity index (χ2v) is 7.36. The van der Waals surface area contributed by atoms with Crippen molar-refractivity contribution >= 4 is 48.9 Å². The lowest BCUT2D eigenvalue weighted by atomic mass is 10.3. The van der Waals surface area contributed by atoms with Gasteiger partial charge in [-0.05, 0) is 30.3 Å². The molecule has 0 saturated carbocycles. The van der Waals surface area contributed by atoms with Crippen LogP contribution >= 0.6 is 22.9 Å². The maximum atomic E-state index is 12.4. The topological polar surface area (TPSA) is 79.0 Å². The Morgan fingerprint density at radius 1 is 1.14 bits per heavy atom. The number of aromatic nitrogens is 1. The van der Waals surface area contributed by atoms with Crippen molar-refractivity contribution < 1.29 is 8.42 Å². The minimum Gasteiger partial charge on any atom is -0.312 e. The van der Waals surface area contributed by atoms with Gasteiger partial charge in [0.1, 0.15) is 0 Å². The highest BCUT2D eigenvalue weighted by Gasteiger charge is 2.16. The highest BCUT2D eigenvalue weighted by molar-refractivity contribution is 7.92. The molecule has 0 aliphatic heterocycles. The van der Waals surface area contributed by atoms with E-state index in [2.05, 4.69) is 9.71 Å². The van der Waals surface area contributed by atoms with E-state index in [-0.39, 0.29) is 9.77 Å². The van der Waals surface area contributed by atoms with Crippen LogP contribution in [0.2, 0.25) is 5.02 Å². The summed E-state index contributed by atoms with van der Waals surface area (Å²) in [5, 5.41) is 0.313. The molecule has 0 saturated heterocycles. The number of H-pyrrole nitrogens is 1. The van der Waals surface area contributed by atoms with Crippen molar-refractivity contribution in [2.24, 2.45) is 0 Å². The molecule has 21 heavy (non-hydrogen) atoms. The third-order valence-corrected chi connectivity index (χ3v) is 5.36. The summed E-state index contributed by atoms with van der Waals surface area (Å²) in [4.78, 5) is 13.7. The third-order valence-electron chi connectivity index (χ3n) is 2.82. The van der Waals surface area contributed by atoms with Crippen molar-refractivity contribution in [2.45, 2.75) is 4.90 Å². The molecule has 0 amide bonds. The first-order valence-corrected chi connectivity index (χ1v) is 8.54. The van der Waals surface area contributed by atoms with Crippen LogP contribution in [0.1, 0.15) is 0 Å². The van der Waals surface area contributed by atoms with Crippen molar-refractivity contribution in [3.05, 3.63) is 57.2 Å². The van der Waals surface area contributed by atoms with E-state index >= 15 is 0 Å². The van der Waals surface area contributed by atoms with E-state index in [1.807, 2.05) is 0 Å². The van der Waals surface area contributed by atoms with Gasteiger partial charge >= 0.3 is 4.87 Å². The second kappa shape index (κ2) is 5.18. The molecule has 0 unspecified atom stereocenters. The first-order chi connectivity index (χ1) is 9.95. The van der Waals surface area contributed by atoms with E-state index in [0.717, 1.165) is 11.3 Å². The maximum absolute atomic E-state index is 12.4. The standard InChI is InChI=1S/C13H9ClN2O3S2/c14-9-3-1-2-4-10(9)16-21(18,19)8-5-6-11-12(7-8)20-13(17)15-11/h1-7,16H,(H,15,17). The van der Waals surface area contributed by atoms with Crippen LogP contribution in [0.4, 0.5) is 5.69 Å². The van der Waals surface area contributed by atoms with Gasteiger partial charge in [0, 0.05) is 0 Å². The minimum absolute atomic E-state index is 0.0742. The number of hydrogen-bond donors (Lipinski definition) is 2. The van der Waals surface area contributed by atoms with Gasteiger partial charge in [-0.2, -0.15) is 0 Å². The van der Waals surface area contributed by atoms with Crippen molar-refractivity contribution in [3.63, 3.8) is 0 Å². The van der Waals surface area contributed by atoms with E-state index in [1.54, 1.807) is 30.3 Å². The molecule has 3 aromatic rings. The average Bonchev–Trinajstić information content (AvgIpc) is 2.80. The van der Waals surface area contributed by atoms with Gasteiger partial charge in [0.25, 0.3) is 10.0 Å². The molecule has 5 nitrogen and oxygen atoms in total. The molecule has 0 atom stereocenters. The zero-order valence-electron chi connectivity index (χ0n) is 10.5. The Balaban J connectivity index is 2.03. The van der Waals surface area contributed by atoms with Gasteiger partial charge in [0.15, 0.2) is 0 Å². The second-order valence-electron chi connectivity index (χ2n) is 4.26. The zero-order valence-corrected chi connectivity index (χ0v) is 12.8. The van der Waals surface area contributed by atoms with Crippen LogP contribution in [0.3, 0.4) is 0 Å². The number of thiazole rings is 1. The quantitative estimate of drug-likeness (QED) is 0.769. The first kappa shape index (κ1) is 14.1. The molecule has 1 heterocycles. The third kappa shape index (κ3) is 2.80. The molecule has 0 aliphatic carbocycles. The van der Waals surface area contributed by atoms with Gasteiger partial charge in [0.2, 0.25) is 0 Å². The lowest BCUT2D eigenvalue weighted by Crippen LogP contribution is -2.13. The Bertz CT molecular complexity index is 976. The minimum atomic E-state index is -3.76. The molecule has 2 N–H and O–H groups in total. The maximum Gasteiger partial charge on any atom is 0.305 e. The van der Waals surface area contributed by atoms with Crippen molar-refractivity contribution in [1.82, 2.24) is 4.98 Å². The van der Waals surface area contributed by atoms with Crippen molar-refractivity contribution in [1.29, 1.82) is 0 Å². The Hall–Kier alpha value is -1.83. The molecule has 2 aromatic carbocycles. The molecular weight excluding hydrogens is 332 g/mol. The van der Waals surface area contributed by atoms with Crippen molar-refractivity contribution in [2.75, 3.05) is 4.72 Å². The highest BCUT2D eigenvalue weighted by atomic mass is 35.5. The zero-order chi connectivity index (χ0) is 15.0. The van der Waals surface area contributed by atoms with Crippen molar-refractivity contribution in [3.8, 4) is 0 Å². The number of aromatic amines is 1. The molecular formula is C13H9ClN2O3S2. The number of sulfonamides is 1. The molecule has 1 aromatic heterocycles. The van der Waals surface area contributed by atoms with Gasteiger partial charge in [-0.15, -0.1) is 0 Å². The van der Waals surface area contributed by atoms with E-state index < -0.39 is 10.0 Å². The smallest absolute Gasteiger partial charge is 0.305 e. The van der Waals surface area contributed by atoms with Crippen LogP contribution in [-0.4, -0.2) is 13.4 Å². The Labute approximate surface area is 129 Å². The summed E-state index contributed by atoms with van der Waals surface area (Å²) < 4.78 is 27.7. The summed E-state index contributed by atoms with van der Waals surface area (Å²) in [5.74, 6) is 0. The summed E-state index contributed by atoms with van der Waals surface area (Å²) in [7, 11) is -3.76. The number of nitrogens with one attached hydrogen (secondary N) is 2. The molecule has 0 bridgehead atoms. The average molecular weight is 341 g/mol. The van der Waals surface area contributed by atoms with Gasteiger partial charge < -0.3 is 4.98 Å². The number of rotatable bonds is 3. The van der Waals surface area contributed by atoms with Crippen LogP contribution in [0, 0.1) is 0 Å². The van der Waals surface area contributed by atoms with Crippen LogP contribution in [-0.2, 0) is 10.0 Å². The van der Waals surface area contributed by atoms with Gasteiger partial charge in [-0.3, -0.25) is 9.52 Å². The van der Waals surface area contributed by atoms with Crippen LogP contribution in [0.25, 0.3) is 10.2 Å². The molecule has 0 aliphatic rings. The fourth-order valence-electron chi connectivity index (χ4n) is 1.84. The summed E-state index contributed by atoms with van der Waals surface area (Å²) in [6.45, 7) is 0. The Morgan fingerprint density at radius 2 is 1.90 bits per heavy atom. The van der Waals surface area contributed by atoms with E-state index in [9.17, 15) is 13.2 Å². The number of benzene rings is 2. The van der Waals surface area contributed by atoms with Crippen LogP contribution < -0.4 is 9.60 Å². The number of halogens is 1. The van der Waals surface area contributed by atoms with Gasteiger partial charge in [-0.25, -0.2) is 8.42 Å². The molecule has 0 radical (unpaired) electrons. The number of anilines is 1. The molecule has 0 fully saturated rings. The molecule has 108 valence electrons. The Morgan fingerprint density at radius 3 is 2.67 bits per heavy atom. The number of fused-ring (bicyclic) bond motifs is 1.